The lowest BCUT2D eigenvalue weighted by Gasteiger charge is -2.05. The third-order valence-electron chi connectivity index (χ3n) is 2.21. The fraction of sp³-hybridized carbons (Fsp3) is 0.636. The van der Waals surface area contributed by atoms with Gasteiger partial charge in [-0.1, -0.05) is 13.8 Å². The van der Waals surface area contributed by atoms with E-state index in [1.165, 1.54) is 18.4 Å². The summed E-state index contributed by atoms with van der Waals surface area (Å²) in [6.07, 6.45) is 0. The van der Waals surface area contributed by atoms with Crippen LogP contribution >= 0.6 is 11.3 Å². The molecule has 0 aromatic carbocycles. The molecule has 1 rings (SSSR count). The fourth-order valence-electron chi connectivity index (χ4n) is 1.26. The summed E-state index contributed by atoms with van der Waals surface area (Å²) in [5.74, 6) is 0. The standard InChI is InChI=1S/C11H20N2O3S2/c1-9(2)12-7-10-6-11(17-8-10)18(14,15)13-4-5-16-3/h6,8-9,12-13H,4-5,7H2,1-3H3. The molecule has 18 heavy (non-hydrogen) atoms. The number of sulfonamides is 1. The molecule has 0 saturated heterocycles. The third-order valence-corrected chi connectivity index (χ3v) is 5.16. The molecule has 0 fully saturated rings. The second-order valence-electron chi connectivity index (χ2n) is 4.20. The second-order valence-corrected chi connectivity index (χ2v) is 7.11. The molecule has 0 spiro atoms. The zero-order chi connectivity index (χ0) is 13.6. The summed E-state index contributed by atoms with van der Waals surface area (Å²) in [4.78, 5) is 0. The van der Waals surface area contributed by atoms with E-state index in [0.717, 1.165) is 5.56 Å². The quantitative estimate of drug-likeness (QED) is 0.706. The topological polar surface area (TPSA) is 67.4 Å². The number of rotatable bonds is 8. The summed E-state index contributed by atoms with van der Waals surface area (Å²) >= 11 is 1.23. The van der Waals surface area contributed by atoms with Gasteiger partial charge in [0, 0.05) is 26.2 Å². The highest BCUT2D eigenvalue weighted by Gasteiger charge is 2.15. The van der Waals surface area contributed by atoms with Crippen LogP contribution in [0.3, 0.4) is 0 Å². The van der Waals surface area contributed by atoms with E-state index in [1.54, 1.807) is 6.07 Å². The Labute approximate surface area is 113 Å². The first-order valence-electron chi connectivity index (χ1n) is 5.75. The van der Waals surface area contributed by atoms with Crippen LogP contribution < -0.4 is 10.0 Å². The Morgan fingerprint density at radius 1 is 1.44 bits per heavy atom. The van der Waals surface area contributed by atoms with Crippen molar-refractivity contribution in [3.63, 3.8) is 0 Å². The van der Waals surface area contributed by atoms with Gasteiger partial charge < -0.3 is 10.1 Å². The van der Waals surface area contributed by atoms with Crippen LogP contribution in [-0.2, 0) is 21.3 Å². The fourth-order valence-corrected chi connectivity index (χ4v) is 3.52. The van der Waals surface area contributed by atoms with Gasteiger partial charge in [-0.25, -0.2) is 13.1 Å². The van der Waals surface area contributed by atoms with Gasteiger partial charge in [-0.3, -0.25) is 0 Å². The minimum Gasteiger partial charge on any atom is -0.383 e. The minimum atomic E-state index is -3.39. The molecule has 0 aliphatic heterocycles. The van der Waals surface area contributed by atoms with Crippen molar-refractivity contribution in [1.82, 2.24) is 10.0 Å². The van der Waals surface area contributed by atoms with Crippen molar-refractivity contribution >= 4 is 21.4 Å². The van der Waals surface area contributed by atoms with Crippen molar-refractivity contribution in [2.75, 3.05) is 20.3 Å². The second kappa shape index (κ2) is 7.20. The maximum absolute atomic E-state index is 11.9. The first-order valence-corrected chi connectivity index (χ1v) is 8.11. The molecule has 1 aromatic rings. The van der Waals surface area contributed by atoms with E-state index in [9.17, 15) is 8.42 Å². The minimum absolute atomic E-state index is 0.288. The molecule has 0 amide bonds. The first-order chi connectivity index (χ1) is 8.45. The van der Waals surface area contributed by atoms with Gasteiger partial charge in [-0.15, -0.1) is 11.3 Å². The third kappa shape index (κ3) is 5.03. The molecule has 1 aromatic heterocycles. The van der Waals surface area contributed by atoms with Gasteiger partial charge >= 0.3 is 0 Å². The monoisotopic (exact) mass is 292 g/mol. The largest absolute Gasteiger partial charge is 0.383 e. The first kappa shape index (κ1) is 15.6. The van der Waals surface area contributed by atoms with Crippen LogP contribution in [0.5, 0.6) is 0 Å². The van der Waals surface area contributed by atoms with Crippen LogP contribution in [0, 0.1) is 0 Å². The maximum atomic E-state index is 11.9. The zero-order valence-corrected chi connectivity index (χ0v) is 12.5. The predicted molar refractivity (Wildman–Crippen MR) is 73.4 cm³/mol. The normalized spacial score (nSPS) is 12.2. The predicted octanol–water partition coefficient (Wildman–Crippen LogP) is 1.17. The van der Waals surface area contributed by atoms with Crippen LogP contribution in [-0.4, -0.2) is 34.7 Å². The number of thiophene rings is 1. The molecule has 0 aliphatic carbocycles. The number of nitrogens with one attached hydrogen (secondary N) is 2. The Hall–Kier alpha value is -0.470. The molecule has 5 nitrogen and oxygen atoms in total. The summed E-state index contributed by atoms with van der Waals surface area (Å²) in [5.41, 5.74) is 0.987. The molecule has 0 aliphatic rings. The Balaban J connectivity index is 2.60. The summed E-state index contributed by atoms with van der Waals surface area (Å²) in [7, 11) is -1.85. The molecule has 2 N–H and O–H groups in total. The van der Waals surface area contributed by atoms with E-state index >= 15 is 0 Å². The Morgan fingerprint density at radius 3 is 2.78 bits per heavy atom. The highest BCUT2D eigenvalue weighted by atomic mass is 32.2. The van der Waals surface area contributed by atoms with Gasteiger partial charge in [0.15, 0.2) is 0 Å². The smallest absolute Gasteiger partial charge is 0.250 e. The maximum Gasteiger partial charge on any atom is 0.250 e. The van der Waals surface area contributed by atoms with Crippen molar-refractivity contribution in [3.05, 3.63) is 17.0 Å². The van der Waals surface area contributed by atoms with Crippen LogP contribution in [0.25, 0.3) is 0 Å². The molecule has 0 unspecified atom stereocenters. The van der Waals surface area contributed by atoms with Crippen LogP contribution in [0.2, 0.25) is 0 Å². The highest BCUT2D eigenvalue weighted by Crippen LogP contribution is 2.19. The summed E-state index contributed by atoms with van der Waals surface area (Å²) in [6, 6.07) is 2.08. The van der Waals surface area contributed by atoms with Gasteiger partial charge in [0.1, 0.15) is 4.21 Å². The average Bonchev–Trinajstić information content (AvgIpc) is 2.76. The van der Waals surface area contributed by atoms with Crippen LogP contribution in [0.1, 0.15) is 19.4 Å². The van der Waals surface area contributed by atoms with Gasteiger partial charge in [0.2, 0.25) is 10.0 Å². The van der Waals surface area contributed by atoms with E-state index < -0.39 is 10.0 Å². The summed E-state index contributed by atoms with van der Waals surface area (Å²) in [5, 5.41) is 5.11. The van der Waals surface area contributed by atoms with Gasteiger partial charge in [0.05, 0.1) is 6.61 Å². The van der Waals surface area contributed by atoms with E-state index in [1.807, 2.05) is 5.38 Å². The lowest BCUT2D eigenvalue weighted by molar-refractivity contribution is 0.204. The number of hydrogen-bond donors (Lipinski definition) is 2. The zero-order valence-electron chi connectivity index (χ0n) is 10.9. The Morgan fingerprint density at radius 2 is 2.17 bits per heavy atom. The lowest BCUT2D eigenvalue weighted by Crippen LogP contribution is -2.26. The van der Waals surface area contributed by atoms with Crippen molar-refractivity contribution in [2.24, 2.45) is 0 Å². The van der Waals surface area contributed by atoms with Gasteiger partial charge in [-0.05, 0) is 17.0 Å². The molecule has 0 atom stereocenters. The van der Waals surface area contributed by atoms with Crippen molar-refractivity contribution in [1.29, 1.82) is 0 Å². The molecule has 7 heteroatoms. The molecule has 0 saturated carbocycles. The SMILES string of the molecule is COCCNS(=O)(=O)c1cc(CNC(C)C)cs1. The van der Waals surface area contributed by atoms with Crippen molar-refractivity contribution < 1.29 is 13.2 Å². The highest BCUT2D eigenvalue weighted by molar-refractivity contribution is 7.91. The van der Waals surface area contributed by atoms with Crippen LogP contribution in [0.15, 0.2) is 15.7 Å². The van der Waals surface area contributed by atoms with E-state index in [2.05, 4.69) is 23.9 Å². The van der Waals surface area contributed by atoms with E-state index in [4.69, 9.17) is 4.74 Å². The summed E-state index contributed by atoms with van der Waals surface area (Å²) < 4.78 is 31.4. The van der Waals surface area contributed by atoms with Crippen molar-refractivity contribution in [3.8, 4) is 0 Å². The molecule has 104 valence electrons. The van der Waals surface area contributed by atoms with E-state index in [0.29, 0.717) is 23.4 Å². The number of ether oxygens (including phenoxy) is 1. The van der Waals surface area contributed by atoms with E-state index in [-0.39, 0.29) is 6.54 Å². The number of hydrogen-bond acceptors (Lipinski definition) is 5. The Bertz CT molecular complexity index is 455. The average molecular weight is 292 g/mol. The molecule has 1 heterocycles. The van der Waals surface area contributed by atoms with Gasteiger partial charge in [0.25, 0.3) is 0 Å². The number of methoxy groups -OCH3 is 1. The molecular weight excluding hydrogens is 272 g/mol. The molecular formula is C11H20N2O3S2. The lowest BCUT2D eigenvalue weighted by atomic mass is 10.3. The van der Waals surface area contributed by atoms with Crippen molar-refractivity contribution in [2.45, 2.75) is 30.6 Å². The van der Waals surface area contributed by atoms with Crippen LogP contribution in [0.4, 0.5) is 0 Å². The molecule has 0 radical (unpaired) electrons. The van der Waals surface area contributed by atoms with Gasteiger partial charge in [-0.2, -0.15) is 0 Å². The molecule has 0 bridgehead atoms. The summed E-state index contributed by atoms with van der Waals surface area (Å²) in [6.45, 7) is 5.44. The Kier molecular flexibility index (Phi) is 6.24.